The predicted molar refractivity (Wildman–Crippen MR) is 88.5 cm³/mol. The SMILES string of the molecule is COCC(NC1CC(C)(C)NC(C)(C)C1)c1ccccc1. The summed E-state index contributed by atoms with van der Waals surface area (Å²) in [5.74, 6) is 0. The van der Waals surface area contributed by atoms with Crippen LogP contribution in [-0.4, -0.2) is 30.8 Å². The first-order valence-corrected chi connectivity index (χ1v) is 7.91. The molecule has 0 amide bonds. The minimum atomic E-state index is 0.160. The molecule has 0 radical (unpaired) electrons. The fourth-order valence-electron chi connectivity index (χ4n) is 3.82. The third kappa shape index (κ3) is 4.80. The highest BCUT2D eigenvalue weighted by Gasteiger charge is 2.38. The molecule has 3 nitrogen and oxygen atoms in total. The molecule has 1 aliphatic heterocycles. The van der Waals surface area contributed by atoms with Gasteiger partial charge in [-0.15, -0.1) is 0 Å². The molecule has 1 aliphatic rings. The number of piperidine rings is 1. The van der Waals surface area contributed by atoms with Crippen molar-refractivity contribution in [2.75, 3.05) is 13.7 Å². The molecule has 0 spiro atoms. The van der Waals surface area contributed by atoms with Gasteiger partial charge in [0.15, 0.2) is 0 Å². The van der Waals surface area contributed by atoms with E-state index in [1.807, 2.05) is 0 Å². The molecular weight excluding hydrogens is 260 g/mol. The molecule has 0 aliphatic carbocycles. The highest BCUT2D eigenvalue weighted by Crippen LogP contribution is 2.30. The third-order valence-corrected chi connectivity index (χ3v) is 4.16. The van der Waals surface area contributed by atoms with Gasteiger partial charge in [0.1, 0.15) is 0 Å². The molecule has 0 aromatic heterocycles. The van der Waals surface area contributed by atoms with Gasteiger partial charge in [0.05, 0.1) is 12.6 Å². The lowest BCUT2D eigenvalue weighted by atomic mass is 9.79. The van der Waals surface area contributed by atoms with Crippen molar-refractivity contribution in [2.24, 2.45) is 0 Å². The van der Waals surface area contributed by atoms with Crippen LogP contribution in [0.1, 0.15) is 52.1 Å². The molecule has 1 unspecified atom stereocenters. The molecule has 2 N–H and O–H groups in total. The van der Waals surface area contributed by atoms with Gasteiger partial charge in [0.25, 0.3) is 0 Å². The molecule has 118 valence electrons. The maximum atomic E-state index is 5.43. The maximum Gasteiger partial charge on any atom is 0.0657 e. The van der Waals surface area contributed by atoms with Gasteiger partial charge in [-0.3, -0.25) is 0 Å². The Labute approximate surface area is 129 Å². The second kappa shape index (κ2) is 6.47. The fourth-order valence-corrected chi connectivity index (χ4v) is 3.82. The van der Waals surface area contributed by atoms with Gasteiger partial charge in [-0.25, -0.2) is 0 Å². The van der Waals surface area contributed by atoms with E-state index >= 15 is 0 Å². The highest BCUT2D eigenvalue weighted by atomic mass is 16.5. The predicted octanol–water partition coefficient (Wildman–Crippen LogP) is 3.27. The van der Waals surface area contributed by atoms with Crippen molar-refractivity contribution in [2.45, 2.75) is 63.7 Å². The number of hydrogen-bond acceptors (Lipinski definition) is 3. The average Bonchev–Trinajstić information content (AvgIpc) is 2.35. The first kappa shape index (κ1) is 16.5. The van der Waals surface area contributed by atoms with Crippen LogP contribution in [0, 0.1) is 0 Å². The van der Waals surface area contributed by atoms with Gasteiger partial charge in [0.2, 0.25) is 0 Å². The number of methoxy groups -OCH3 is 1. The Morgan fingerprint density at radius 1 is 1.14 bits per heavy atom. The topological polar surface area (TPSA) is 33.3 Å². The van der Waals surface area contributed by atoms with Crippen LogP contribution < -0.4 is 10.6 Å². The number of benzene rings is 1. The van der Waals surface area contributed by atoms with Gasteiger partial charge in [-0.2, -0.15) is 0 Å². The van der Waals surface area contributed by atoms with E-state index in [0.29, 0.717) is 12.6 Å². The Bertz CT molecular complexity index is 426. The van der Waals surface area contributed by atoms with Gasteiger partial charge in [0, 0.05) is 24.2 Å². The molecule has 21 heavy (non-hydrogen) atoms. The lowest BCUT2D eigenvalue weighted by Gasteiger charge is -2.47. The van der Waals surface area contributed by atoms with Crippen LogP contribution in [0.3, 0.4) is 0 Å². The smallest absolute Gasteiger partial charge is 0.0657 e. The number of rotatable bonds is 5. The van der Waals surface area contributed by atoms with E-state index in [4.69, 9.17) is 4.74 Å². The zero-order chi connectivity index (χ0) is 15.5. The first-order valence-electron chi connectivity index (χ1n) is 7.91. The van der Waals surface area contributed by atoms with Gasteiger partial charge in [-0.05, 0) is 46.1 Å². The Kier molecular flexibility index (Phi) is 5.07. The summed E-state index contributed by atoms with van der Waals surface area (Å²) in [5.41, 5.74) is 1.62. The summed E-state index contributed by atoms with van der Waals surface area (Å²) in [6.07, 6.45) is 2.26. The molecule has 1 heterocycles. The van der Waals surface area contributed by atoms with Crippen LogP contribution in [0.2, 0.25) is 0 Å². The van der Waals surface area contributed by atoms with E-state index in [2.05, 4.69) is 68.7 Å². The quantitative estimate of drug-likeness (QED) is 0.873. The van der Waals surface area contributed by atoms with Crippen LogP contribution in [0.4, 0.5) is 0 Å². The van der Waals surface area contributed by atoms with Crippen molar-refractivity contribution in [3.63, 3.8) is 0 Å². The van der Waals surface area contributed by atoms with E-state index in [1.54, 1.807) is 7.11 Å². The number of ether oxygens (including phenoxy) is 1. The Morgan fingerprint density at radius 2 is 1.71 bits per heavy atom. The molecule has 1 saturated heterocycles. The second-order valence-electron chi connectivity index (χ2n) is 7.58. The summed E-state index contributed by atoms with van der Waals surface area (Å²) >= 11 is 0. The molecular formula is C18H30N2O. The van der Waals surface area contributed by atoms with E-state index in [9.17, 15) is 0 Å². The Morgan fingerprint density at radius 3 is 2.24 bits per heavy atom. The lowest BCUT2D eigenvalue weighted by molar-refractivity contribution is 0.115. The molecule has 1 aromatic carbocycles. The van der Waals surface area contributed by atoms with Crippen molar-refractivity contribution in [3.8, 4) is 0 Å². The minimum Gasteiger partial charge on any atom is -0.383 e. The van der Waals surface area contributed by atoms with Crippen LogP contribution >= 0.6 is 0 Å². The van der Waals surface area contributed by atoms with E-state index in [0.717, 1.165) is 12.8 Å². The summed E-state index contributed by atoms with van der Waals surface area (Å²) in [4.78, 5) is 0. The molecule has 0 saturated carbocycles. The van der Waals surface area contributed by atoms with E-state index in [1.165, 1.54) is 5.56 Å². The second-order valence-corrected chi connectivity index (χ2v) is 7.58. The third-order valence-electron chi connectivity index (χ3n) is 4.16. The van der Waals surface area contributed by atoms with Crippen LogP contribution in [0.5, 0.6) is 0 Å². The summed E-state index contributed by atoms with van der Waals surface area (Å²) in [6.45, 7) is 9.86. The molecule has 1 atom stereocenters. The van der Waals surface area contributed by atoms with Crippen molar-refractivity contribution in [1.82, 2.24) is 10.6 Å². The zero-order valence-electron chi connectivity index (χ0n) is 14.1. The van der Waals surface area contributed by atoms with Gasteiger partial charge in [-0.1, -0.05) is 30.3 Å². The van der Waals surface area contributed by atoms with Crippen molar-refractivity contribution in [3.05, 3.63) is 35.9 Å². The fraction of sp³-hybridized carbons (Fsp3) is 0.667. The average molecular weight is 290 g/mol. The molecule has 0 bridgehead atoms. The van der Waals surface area contributed by atoms with Crippen molar-refractivity contribution < 1.29 is 4.74 Å². The molecule has 1 fully saturated rings. The minimum absolute atomic E-state index is 0.160. The largest absolute Gasteiger partial charge is 0.383 e. The lowest BCUT2D eigenvalue weighted by Crippen LogP contribution is -2.62. The maximum absolute atomic E-state index is 5.43. The van der Waals surface area contributed by atoms with Crippen molar-refractivity contribution >= 4 is 0 Å². The highest BCUT2D eigenvalue weighted by molar-refractivity contribution is 5.19. The summed E-state index contributed by atoms with van der Waals surface area (Å²) in [7, 11) is 1.77. The van der Waals surface area contributed by atoms with Gasteiger partial charge >= 0.3 is 0 Å². The Balaban J connectivity index is 2.10. The normalized spacial score (nSPS) is 22.9. The van der Waals surface area contributed by atoms with Gasteiger partial charge < -0.3 is 15.4 Å². The summed E-state index contributed by atoms with van der Waals surface area (Å²) in [6, 6.07) is 11.3. The monoisotopic (exact) mass is 290 g/mol. The summed E-state index contributed by atoms with van der Waals surface area (Å²) < 4.78 is 5.43. The van der Waals surface area contributed by atoms with Crippen LogP contribution in [0.15, 0.2) is 30.3 Å². The molecule has 1 aromatic rings. The first-order chi connectivity index (χ1) is 9.81. The zero-order valence-corrected chi connectivity index (χ0v) is 14.1. The van der Waals surface area contributed by atoms with E-state index in [-0.39, 0.29) is 17.1 Å². The molecule has 2 rings (SSSR count). The number of nitrogens with one attached hydrogen (secondary N) is 2. The standard InChI is InChI=1S/C18H30N2O/c1-17(2)11-15(12-18(3,4)20-17)19-16(13-21-5)14-9-7-6-8-10-14/h6-10,15-16,19-20H,11-13H2,1-5H3. The van der Waals surface area contributed by atoms with Crippen molar-refractivity contribution in [1.29, 1.82) is 0 Å². The van der Waals surface area contributed by atoms with E-state index < -0.39 is 0 Å². The van der Waals surface area contributed by atoms with Crippen LogP contribution in [-0.2, 0) is 4.74 Å². The number of hydrogen-bond donors (Lipinski definition) is 2. The molecule has 3 heteroatoms. The summed E-state index contributed by atoms with van der Waals surface area (Å²) in [5, 5.41) is 7.56. The van der Waals surface area contributed by atoms with Crippen LogP contribution in [0.25, 0.3) is 0 Å². The Hall–Kier alpha value is -0.900.